The Balaban J connectivity index is 1.62. The normalized spacial score (nSPS) is 17.0. The van der Waals surface area contributed by atoms with Gasteiger partial charge in [0.25, 0.3) is 0 Å². The van der Waals surface area contributed by atoms with E-state index >= 15 is 0 Å². The highest BCUT2D eigenvalue weighted by atomic mass is 35.5. The Hall–Kier alpha value is -1.47. The molecule has 0 spiro atoms. The highest BCUT2D eigenvalue weighted by Crippen LogP contribution is 2.23. The lowest BCUT2D eigenvalue weighted by Crippen LogP contribution is -2.44. The number of nitrogens with zero attached hydrogens (tertiary/aromatic N) is 2. The van der Waals surface area contributed by atoms with Crippen molar-refractivity contribution in [3.05, 3.63) is 52.1 Å². The molecule has 7 heteroatoms. The number of hydrogen-bond acceptors (Lipinski definition) is 4. The van der Waals surface area contributed by atoms with E-state index in [1.54, 1.807) is 16.8 Å². The molecule has 25 heavy (non-hydrogen) atoms. The van der Waals surface area contributed by atoms with Gasteiger partial charge in [0.05, 0.1) is 17.8 Å². The van der Waals surface area contributed by atoms with Crippen molar-refractivity contribution in [3.8, 4) is 0 Å². The van der Waals surface area contributed by atoms with E-state index in [9.17, 15) is 9.50 Å². The minimum Gasteiger partial charge on any atom is -0.388 e. The summed E-state index contributed by atoms with van der Waals surface area (Å²) in [6.07, 6.45) is 1.27. The Kier molecular flexibility index (Phi) is 5.74. The van der Waals surface area contributed by atoms with Crippen LogP contribution < -0.4 is 5.32 Å². The molecule has 0 unspecified atom stereocenters. The van der Waals surface area contributed by atoms with Crippen molar-refractivity contribution in [2.45, 2.75) is 38.5 Å². The monoisotopic (exact) mass is 367 g/mol. The van der Waals surface area contributed by atoms with Gasteiger partial charge in [-0.1, -0.05) is 23.7 Å². The highest BCUT2D eigenvalue weighted by Gasteiger charge is 2.29. The van der Waals surface area contributed by atoms with E-state index in [0.29, 0.717) is 50.8 Å². The second-order valence-electron chi connectivity index (χ2n) is 6.58. The van der Waals surface area contributed by atoms with Crippen LogP contribution in [-0.4, -0.2) is 40.2 Å². The minimum absolute atomic E-state index is 0.262. The van der Waals surface area contributed by atoms with Crippen molar-refractivity contribution in [2.75, 3.05) is 19.8 Å². The van der Waals surface area contributed by atoms with Gasteiger partial charge in [0.15, 0.2) is 0 Å². The van der Waals surface area contributed by atoms with Gasteiger partial charge in [-0.05, 0) is 24.6 Å². The van der Waals surface area contributed by atoms with Gasteiger partial charge < -0.3 is 15.2 Å². The first-order valence-corrected chi connectivity index (χ1v) is 8.82. The molecule has 1 aliphatic rings. The number of ether oxygens (including phenoxy) is 1. The van der Waals surface area contributed by atoms with Crippen LogP contribution in [0.25, 0.3) is 0 Å². The summed E-state index contributed by atoms with van der Waals surface area (Å²) in [5, 5.41) is 18.8. The molecule has 1 fully saturated rings. The zero-order chi connectivity index (χ0) is 17.9. The van der Waals surface area contributed by atoms with Gasteiger partial charge in [-0.15, -0.1) is 0 Å². The number of aryl methyl sites for hydroxylation is 1. The van der Waals surface area contributed by atoms with Gasteiger partial charge in [-0.2, -0.15) is 5.10 Å². The lowest BCUT2D eigenvalue weighted by atomic mass is 9.94. The van der Waals surface area contributed by atoms with Crippen LogP contribution >= 0.6 is 11.6 Å². The van der Waals surface area contributed by atoms with Crippen molar-refractivity contribution in [1.29, 1.82) is 0 Å². The van der Waals surface area contributed by atoms with Crippen molar-refractivity contribution in [3.63, 3.8) is 0 Å². The summed E-state index contributed by atoms with van der Waals surface area (Å²) in [5.41, 5.74) is 1.97. The second kappa shape index (κ2) is 7.83. The molecule has 1 saturated heterocycles. The van der Waals surface area contributed by atoms with Gasteiger partial charge in [0, 0.05) is 44.7 Å². The highest BCUT2D eigenvalue weighted by molar-refractivity contribution is 6.30. The molecule has 0 atom stereocenters. The van der Waals surface area contributed by atoms with Gasteiger partial charge in [-0.3, -0.25) is 0 Å². The number of rotatable bonds is 6. The van der Waals surface area contributed by atoms with Crippen LogP contribution in [0.3, 0.4) is 0 Å². The first-order valence-electron chi connectivity index (χ1n) is 8.44. The predicted octanol–water partition coefficient (Wildman–Crippen LogP) is 2.66. The molecule has 2 heterocycles. The van der Waals surface area contributed by atoms with Crippen LogP contribution in [0.4, 0.5) is 4.39 Å². The summed E-state index contributed by atoms with van der Waals surface area (Å²) in [5.74, 6) is -0.262. The number of aromatic nitrogens is 2. The molecule has 0 amide bonds. The Morgan fingerprint density at radius 2 is 2.00 bits per heavy atom. The first-order chi connectivity index (χ1) is 12.0. The van der Waals surface area contributed by atoms with E-state index in [2.05, 4.69) is 10.4 Å². The maximum Gasteiger partial charge on any atom is 0.132 e. The van der Waals surface area contributed by atoms with Crippen molar-refractivity contribution in [1.82, 2.24) is 15.1 Å². The fraction of sp³-hybridized carbons (Fsp3) is 0.500. The van der Waals surface area contributed by atoms with E-state index in [4.69, 9.17) is 16.3 Å². The van der Waals surface area contributed by atoms with Gasteiger partial charge in [0.1, 0.15) is 11.0 Å². The van der Waals surface area contributed by atoms with E-state index < -0.39 is 5.60 Å². The SMILES string of the molecule is Cc1nn(Cc2ccc(F)cc2)c(Cl)c1CNCC1(O)CCOCC1. The summed E-state index contributed by atoms with van der Waals surface area (Å²) in [6.45, 7) is 4.61. The van der Waals surface area contributed by atoms with Crippen LogP contribution in [0, 0.1) is 12.7 Å². The molecule has 3 rings (SSSR count). The number of hydrogen-bond donors (Lipinski definition) is 2. The minimum atomic E-state index is -0.720. The molecule has 1 aromatic heterocycles. The maximum atomic E-state index is 13.0. The van der Waals surface area contributed by atoms with Crippen LogP contribution in [0.1, 0.15) is 29.7 Å². The Morgan fingerprint density at radius 3 is 2.68 bits per heavy atom. The average molecular weight is 368 g/mol. The van der Waals surface area contributed by atoms with Crippen molar-refractivity contribution >= 4 is 11.6 Å². The van der Waals surface area contributed by atoms with Gasteiger partial charge in [-0.25, -0.2) is 9.07 Å². The molecule has 5 nitrogen and oxygen atoms in total. The van der Waals surface area contributed by atoms with Crippen molar-refractivity contribution < 1.29 is 14.2 Å². The summed E-state index contributed by atoms with van der Waals surface area (Å²) < 4.78 is 20.0. The van der Waals surface area contributed by atoms with E-state index in [0.717, 1.165) is 16.8 Å². The smallest absolute Gasteiger partial charge is 0.132 e. The molecule has 0 aliphatic carbocycles. The predicted molar refractivity (Wildman–Crippen MR) is 94.2 cm³/mol. The Morgan fingerprint density at radius 1 is 1.32 bits per heavy atom. The van der Waals surface area contributed by atoms with Crippen LogP contribution in [-0.2, 0) is 17.8 Å². The molecule has 0 bridgehead atoms. The fourth-order valence-electron chi connectivity index (χ4n) is 3.01. The second-order valence-corrected chi connectivity index (χ2v) is 6.94. The summed E-state index contributed by atoms with van der Waals surface area (Å²) >= 11 is 6.47. The van der Waals surface area contributed by atoms with Crippen LogP contribution in [0.2, 0.25) is 5.15 Å². The summed E-state index contributed by atoms with van der Waals surface area (Å²) in [6, 6.07) is 6.30. The fourth-order valence-corrected chi connectivity index (χ4v) is 3.31. The third-order valence-corrected chi connectivity index (χ3v) is 5.03. The van der Waals surface area contributed by atoms with Crippen LogP contribution in [0.5, 0.6) is 0 Å². The standard InChI is InChI=1S/C18H23ClFN3O2/c1-13-16(10-21-12-18(24)6-8-25-9-7-18)17(19)23(22-13)11-14-2-4-15(20)5-3-14/h2-5,21,24H,6-12H2,1H3. The number of halogens is 2. The number of nitrogens with one attached hydrogen (secondary N) is 1. The molecule has 0 radical (unpaired) electrons. The lowest BCUT2D eigenvalue weighted by molar-refractivity contribution is -0.0617. The molecule has 2 N–H and O–H groups in total. The third kappa shape index (κ3) is 4.58. The van der Waals surface area contributed by atoms with Gasteiger partial charge in [0.2, 0.25) is 0 Å². The molecule has 136 valence electrons. The zero-order valence-electron chi connectivity index (χ0n) is 14.3. The topological polar surface area (TPSA) is 59.3 Å². The number of benzene rings is 1. The Bertz CT molecular complexity index is 712. The van der Waals surface area contributed by atoms with Crippen molar-refractivity contribution in [2.24, 2.45) is 0 Å². The maximum absolute atomic E-state index is 13.0. The largest absolute Gasteiger partial charge is 0.388 e. The molecular formula is C18H23ClFN3O2. The quantitative estimate of drug-likeness (QED) is 0.824. The van der Waals surface area contributed by atoms with Gasteiger partial charge >= 0.3 is 0 Å². The summed E-state index contributed by atoms with van der Waals surface area (Å²) in [7, 11) is 0. The average Bonchev–Trinajstić information content (AvgIpc) is 2.85. The van der Waals surface area contributed by atoms with E-state index in [-0.39, 0.29) is 5.82 Å². The van der Waals surface area contributed by atoms with E-state index in [1.165, 1.54) is 12.1 Å². The van der Waals surface area contributed by atoms with E-state index in [1.807, 2.05) is 6.92 Å². The summed E-state index contributed by atoms with van der Waals surface area (Å²) in [4.78, 5) is 0. The molecule has 1 aliphatic heterocycles. The third-order valence-electron chi connectivity index (χ3n) is 4.61. The molecular weight excluding hydrogens is 345 g/mol. The number of aliphatic hydroxyl groups is 1. The molecule has 2 aromatic rings. The molecule has 1 aromatic carbocycles. The first kappa shape index (κ1) is 18.3. The zero-order valence-corrected chi connectivity index (χ0v) is 15.0. The van der Waals surface area contributed by atoms with Crippen LogP contribution in [0.15, 0.2) is 24.3 Å². The Labute approximate surface area is 151 Å². The molecule has 0 saturated carbocycles. The lowest BCUT2D eigenvalue weighted by Gasteiger charge is -2.32.